The topological polar surface area (TPSA) is 49.8 Å². The van der Waals surface area contributed by atoms with Gasteiger partial charge in [-0.2, -0.15) is 5.26 Å². The number of nitriles is 1. The van der Waals surface area contributed by atoms with Gasteiger partial charge in [-0.15, -0.1) is 0 Å². The molecule has 0 aromatic rings. The Morgan fingerprint density at radius 1 is 1.78 bits per heavy atom. The summed E-state index contributed by atoms with van der Waals surface area (Å²) in [6, 6.07) is 2.12. The van der Waals surface area contributed by atoms with E-state index in [1.54, 1.807) is 0 Å². The Hall–Kier alpha value is -0.550. The summed E-state index contributed by atoms with van der Waals surface area (Å²) in [6.07, 6.45) is 2.97. The predicted molar refractivity (Wildman–Crippen MR) is 35.5 cm³/mol. The number of nitrogens with zero attached hydrogens (tertiary/aromatic N) is 1. The zero-order valence-corrected chi connectivity index (χ0v) is 5.72. The Balaban J connectivity index is 2.35. The molecule has 9 heavy (non-hydrogen) atoms. The first-order chi connectivity index (χ1) is 4.20. The summed E-state index contributed by atoms with van der Waals surface area (Å²) >= 11 is 0. The van der Waals surface area contributed by atoms with Gasteiger partial charge in [-0.3, -0.25) is 0 Å². The third-order valence-electron chi connectivity index (χ3n) is 2.11. The van der Waals surface area contributed by atoms with Crippen LogP contribution in [0, 0.1) is 17.2 Å². The second kappa shape index (κ2) is 2.00. The van der Waals surface area contributed by atoms with E-state index >= 15 is 0 Å². The van der Waals surface area contributed by atoms with E-state index in [1.807, 2.05) is 0 Å². The summed E-state index contributed by atoms with van der Waals surface area (Å²) < 4.78 is 0. The van der Waals surface area contributed by atoms with E-state index in [2.05, 4.69) is 13.0 Å². The van der Waals surface area contributed by atoms with Crippen molar-refractivity contribution in [1.82, 2.24) is 0 Å². The number of nitrogens with two attached hydrogens (primary N) is 1. The van der Waals surface area contributed by atoms with Crippen LogP contribution in [0.15, 0.2) is 0 Å². The van der Waals surface area contributed by atoms with Crippen molar-refractivity contribution in [2.24, 2.45) is 11.7 Å². The Kier molecular flexibility index (Phi) is 1.46. The third kappa shape index (κ3) is 1.06. The smallest absolute Gasteiger partial charge is 0.104 e. The summed E-state index contributed by atoms with van der Waals surface area (Å²) in [5, 5.41) is 8.48. The van der Waals surface area contributed by atoms with Crippen molar-refractivity contribution >= 4 is 0 Å². The van der Waals surface area contributed by atoms with E-state index in [9.17, 15) is 0 Å². The maximum atomic E-state index is 8.48. The van der Waals surface area contributed by atoms with Crippen LogP contribution in [-0.4, -0.2) is 5.54 Å². The minimum atomic E-state index is -0.458. The van der Waals surface area contributed by atoms with Gasteiger partial charge in [0.25, 0.3) is 0 Å². The van der Waals surface area contributed by atoms with Gasteiger partial charge in [0.1, 0.15) is 5.54 Å². The molecular weight excluding hydrogens is 112 g/mol. The minimum absolute atomic E-state index is 0.458. The fourth-order valence-corrected chi connectivity index (χ4v) is 1.35. The number of hydrogen-bond donors (Lipinski definition) is 1. The van der Waals surface area contributed by atoms with Gasteiger partial charge in [0.15, 0.2) is 0 Å². The molecule has 0 spiro atoms. The van der Waals surface area contributed by atoms with Crippen LogP contribution in [0.1, 0.15) is 26.2 Å². The van der Waals surface area contributed by atoms with Gasteiger partial charge in [-0.1, -0.05) is 13.3 Å². The summed E-state index contributed by atoms with van der Waals surface area (Å²) in [5.74, 6) is 0.717. The van der Waals surface area contributed by atoms with Gasteiger partial charge in [-0.05, 0) is 18.8 Å². The van der Waals surface area contributed by atoms with E-state index in [0.717, 1.165) is 18.8 Å². The van der Waals surface area contributed by atoms with Crippen LogP contribution < -0.4 is 5.73 Å². The molecule has 2 heteroatoms. The summed E-state index contributed by atoms with van der Waals surface area (Å²) in [7, 11) is 0. The van der Waals surface area contributed by atoms with Crippen molar-refractivity contribution in [3.63, 3.8) is 0 Å². The predicted octanol–water partition coefficient (Wildman–Crippen LogP) is 1.03. The normalized spacial score (nSPS) is 41.2. The molecule has 1 aliphatic carbocycles. The minimum Gasteiger partial charge on any atom is -0.313 e. The lowest BCUT2D eigenvalue weighted by Crippen LogP contribution is -2.50. The van der Waals surface area contributed by atoms with Gasteiger partial charge >= 0.3 is 0 Å². The van der Waals surface area contributed by atoms with Gasteiger partial charge in [-0.25, -0.2) is 0 Å². The zero-order chi connectivity index (χ0) is 6.91. The Labute approximate surface area is 55.7 Å². The van der Waals surface area contributed by atoms with Crippen molar-refractivity contribution < 1.29 is 0 Å². The Bertz CT molecular complexity index is 139. The molecule has 0 bridgehead atoms. The van der Waals surface area contributed by atoms with Gasteiger partial charge < -0.3 is 5.73 Å². The molecule has 0 atom stereocenters. The lowest BCUT2D eigenvalue weighted by Gasteiger charge is -2.38. The van der Waals surface area contributed by atoms with E-state index in [4.69, 9.17) is 11.0 Å². The van der Waals surface area contributed by atoms with Crippen molar-refractivity contribution in [2.75, 3.05) is 0 Å². The monoisotopic (exact) mass is 124 g/mol. The van der Waals surface area contributed by atoms with Crippen LogP contribution in [0.25, 0.3) is 0 Å². The zero-order valence-electron chi connectivity index (χ0n) is 5.72. The molecule has 1 aliphatic rings. The maximum absolute atomic E-state index is 8.48. The molecule has 0 aliphatic heterocycles. The summed E-state index contributed by atoms with van der Waals surface area (Å²) in [5.41, 5.74) is 5.15. The lowest BCUT2D eigenvalue weighted by molar-refractivity contribution is 0.197. The number of rotatable bonds is 1. The van der Waals surface area contributed by atoms with E-state index in [-0.39, 0.29) is 0 Å². The fourth-order valence-electron chi connectivity index (χ4n) is 1.35. The van der Waals surface area contributed by atoms with Gasteiger partial charge in [0.05, 0.1) is 6.07 Å². The molecule has 1 rings (SSSR count). The van der Waals surface area contributed by atoms with Crippen molar-refractivity contribution in [2.45, 2.75) is 31.7 Å². The molecule has 2 nitrogen and oxygen atoms in total. The molecule has 0 amide bonds. The van der Waals surface area contributed by atoms with E-state index in [1.165, 1.54) is 6.42 Å². The molecule has 1 fully saturated rings. The molecule has 0 radical (unpaired) electrons. The molecule has 0 saturated heterocycles. The van der Waals surface area contributed by atoms with Crippen LogP contribution in [0.4, 0.5) is 0 Å². The molecule has 0 aromatic heterocycles. The second-order valence-corrected chi connectivity index (χ2v) is 2.95. The van der Waals surface area contributed by atoms with Gasteiger partial charge in [0, 0.05) is 0 Å². The van der Waals surface area contributed by atoms with Crippen LogP contribution in [0.3, 0.4) is 0 Å². The largest absolute Gasteiger partial charge is 0.313 e. The molecule has 2 N–H and O–H groups in total. The number of hydrogen-bond acceptors (Lipinski definition) is 2. The van der Waals surface area contributed by atoms with Crippen LogP contribution >= 0.6 is 0 Å². The van der Waals surface area contributed by atoms with Crippen molar-refractivity contribution in [3.05, 3.63) is 0 Å². The maximum Gasteiger partial charge on any atom is 0.104 e. The highest BCUT2D eigenvalue weighted by atomic mass is 14.8. The first-order valence-corrected chi connectivity index (χ1v) is 3.40. The molecule has 50 valence electrons. The second-order valence-electron chi connectivity index (χ2n) is 2.95. The molecule has 1 saturated carbocycles. The van der Waals surface area contributed by atoms with Crippen LogP contribution in [0.5, 0.6) is 0 Å². The molecule has 0 heterocycles. The SMILES string of the molecule is CCC1CC(N)(C#N)C1. The highest BCUT2D eigenvalue weighted by Crippen LogP contribution is 2.36. The Morgan fingerprint density at radius 2 is 2.33 bits per heavy atom. The van der Waals surface area contributed by atoms with E-state index in [0.29, 0.717) is 0 Å². The average Bonchev–Trinajstić information content (AvgIpc) is 1.81. The van der Waals surface area contributed by atoms with E-state index < -0.39 is 5.54 Å². The first kappa shape index (κ1) is 6.57. The molecule has 0 aromatic carbocycles. The fraction of sp³-hybridized carbons (Fsp3) is 0.857. The third-order valence-corrected chi connectivity index (χ3v) is 2.11. The summed E-state index contributed by atoms with van der Waals surface area (Å²) in [6.45, 7) is 2.14. The standard InChI is InChI=1S/C7H12N2/c1-2-6-3-7(9,4-6)5-8/h6H,2-4,9H2,1H3. The van der Waals surface area contributed by atoms with Gasteiger partial charge in [0.2, 0.25) is 0 Å². The Morgan fingerprint density at radius 3 is 2.67 bits per heavy atom. The molecule has 0 unspecified atom stereocenters. The first-order valence-electron chi connectivity index (χ1n) is 3.40. The van der Waals surface area contributed by atoms with Crippen molar-refractivity contribution in [3.8, 4) is 6.07 Å². The van der Waals surface area contributed by atoms with Crippen LogP contribution in [-0.2, 0) is 0 Å². The quantitative estimate of drug-likeness (QED) is 0.567. The molecular formula is C7H12N2. The summed E-state index contributed by atoms with van der Waals surface area (Å²) in [4.78, 5) is 0. The highest BCUT2D eigenvalue weighted by Gasteiger charge is 2.39. The lowest BCUT2D eigenvalue weighted by atomic mass is 9.69. The highest BCUT2D eigenvalue weighted by molar-refractivity contribution is 5.12. The van der Waals surface area contributed by atoms with Crippen molar-refractivity contribution in [1.29, 1.82) is 5.26 Å². The average molecular weight is 124 g/mol. The van der Waals surface area contributed by atoms with Crippen LogP contribution in [0.2, 0.25) is 0 Å².